The number of para-hydroxylation sites is 1. The molecule has 1 aromatic carbocycles. The summed E-state index contributed by atoms with van der Waals surface area (Å²) in [6.45, 7) is 3.30. The van der Waals surface area contributed by atoms with Crippen molar-refractivity contribution in [3.8, 4) is 0 Å². The molecule has 6 nitrogen and oxygen atoms in total. The number of methoxy groups -OCH3 is 1. The molecule has 0 aliphatic carbocycles. The Kier molecular flexibility index (Phi) is 8.87. The Morgan fingerprint density at radius 1 is 0.969 bits per heavy atom. The van der Waals surface area contributed by atoms with Gasteiger partial charge in [-0.05, 0) is 25.3 Å². The smallest absolute Gasteiger partial charge is 0.305 e. The van der Waals surface area contributed by atoms with Gasteiger partial charge in [0.1, 0.15) is 4.32 Å². The molecule has 3 rings (SSSR count). The Bertz CT molecular complexity index is 928. The number of ether oxygens (including phenoxy) is 1. The van der Waals surface area contributed by atoms with Crippen LogP contribution in [0.15, 0.2) is 29.2 Å². The summed E-state index contributed by atoms with van der Waals surface area (Å²) in [5, 5.41) is 0. The molecule has 2 heterocycles. The van der Waals surface area contributed by atoms with Crippen molar-refractivity contribution in [3.05, 3.63) is 34.7 Å². The van der Waals surface area contributed by atoms with E-state index in [2.05, 4.69) is 11.7 Å². The van der Waals surface area contributed by atoms with Gasteiger partial charge in [0, 0.05) is 25.1 Å². The standard InChI is InChI=1S/C24H30N2O4S2/c1-3-4-5-10-15-25-18-13-9-8-12-17(18)20(22(25)28)21-23(29)26(24(31)32-21)16-11-6-7-14-19(27)30-2/h8-9,12-13H,3-7,10-11,14-16H2,1-2H3/b21-20-. The van der Waals surface area contributed by atoms with E-state index in [0.29, 0.717) is 40.7 Å². The van der Waals surface area contributed by atoms with Crippen LogP contribution in [0.1, 0.15) is 63.9 Å². The van der Waals surface area contributed by atoms with Crippen LogP contribution in [0.5, 0.6) is 0 Å². The lowest BCUT2D eigenvalue weighted by molar-refractivity contribution is -0.140. The van der Waals surface area contributed by atoms with Crippen LogP contribution in [0, 0.1) is 0 Å². The number of fused-ring (bicyclic) bond motifs is 1. The lowest BCUT2D eigenvalue weighted by Crippen LogP contribution is -2.30. The topological polar surface area (TPSA) is 66.9 Å². The van der Waals surface area contributed by atoms with Gasteiger partial charge in [-0.25, -0.2) is 0 Å². The van der Waals surface area contributed by atoms with Gasteiger partial charge in [0.25, 0.3) is 11.8 Å². The summed E-state index contributed by atoms with van der Waals surface area (Å²) in [6, 6.07) is 7.68. The number of carbonyl (C=O) groups excluding carboxylic acids is 3. The van der Waals surface area contributed by atoms with Crippen LogP contribution in [-0.4, -0.2) is 47.2 Å². The molecule has 172 valence electrons. The number of carbonyl (C=O) groups is 3. The van der Waals surface area contributed by atoms with Gasteiger partial charge in [-0.1, -0.05) is 74.8 Å². The number of esters is 1. The first-order chi connectivity index (χ1) is 15.5. The minimum Gasteiger partial charge on any atom is -0.469 e. The molecule has 0 radical (unpaired) electrons. The Morgan fingerprint density at radius 2 is 1.66 bits per heavy atom. The van der Waals surface area contributed by atoms with E-state index in [4.69, 9.17) is 12.2 Å². The van der Waals surface area contributed by atoms with Crippen molar-refractivity contribution in [1.29, 1.82) is 0 Å². The predicted octanol–water partition coefficient (Wildman–Crippen LogP) is 4.92. The number of nitrogens with zero attached hydrogens (tertiary/aromatic N) is 2. The molecule has 1 aromatic rings. The second-order valence-electron chi connectivity index (χ2n) is 7.95. The van der Waals surface area contributed by atoms with E-state index in [9.17, 15) is 14.4 Å². The van der Waals surface area contributed by atoms with Crippen LogP contribution < -0.4 is 4.90 Å². The number of hydrogen-bond donors (Lipinski definition) is 0. The van der Waals surface area contributed by atoms with Crippen LogP contribution >= 0.6 is 24.0 Å². The zero-order valence-electron chi connectivity index (χ0n) is 18.7. The molecule has 2 aliphatic heterocycles. The number of benzene rings is 1. The SMILES string of the molecule is CCCCCCN1C(=O)/C(=C2\SC(=S)N(CCCCCC(=O)OC)C2=O)c2ccccc21. The van der Waals surface area contributed by atoms with Crippen molar-refractivity contribution >= 4 is 57.3 Å². The highest BCUT2D eigenvalue weighted by Gasteiger charge is 2.41. The van der Waals surface area contributed by atoms with Crippen molar-refractivity contribution in [2.45, 2.75) is 58.3 Å². The van der Waals surface area contributed by atoms with E-state index in [0.717, 1.165) is 49.8 Å². The molecular weight excluding hydrogens is 444 g/mol. The maximum atomic E-state index is 13.4. The normalized spacial score (nSPS) is 18.0. The molecule has 8 heteroatoms. The number of anilines is 1. The quantitative estimate of drug-likeness (QED) is 0.196. The van der Waals surface area contributed by atoms with E-state index >= 15 is 0 Å². The molecule has 2 aliphatic rings. The third kappa shape index (κ3) is 5.41. The third-order valence-electron chi connectivity index (χ3n) is 5.72. The van der Waals surface area contributed by atoms with E-state index in [1.165, 1.54) is 18.9 Å². The Hall–Kier alpha value is -2.19. The molecule has 1 saturated heterocycles. The average molecular weight is 475 g/mol. The Labute approximate surface area is 199 Å². The fraction of sp³-hybridized carbons (Fsp3) is 0.500. The van der Waals surface area contributed by atoms with Gasteiger partial charge in [0.05, 0.1) is 23.3 Å². The monoisotopic (exact) mass is 474 g/mol. The summed E-state index contributed by atoms with van der Waals surface area (Å²) >= 11 is 6.69. The van der Waals surface area contributed by atoms with Crippen molar-refractivity contribution in [1.82, 2.24) is 4.90 Å². The minimum absolute atomic E-state index is 0.110. The highest BCUT2D eigenvalue weighted by atomic mass is 32.2. The highest BCUT2D eigenvalue weighted by Crippen LogP contribution is 2.44. The van der Waals surface area contributed by atoms with Gasteiger partial charge in [-0.2, -0.15) is 0 Å². The molecule has 2 amide bonds. The van der Waals surface area contributed by atoms with E-state index < -0.39 is 0 Å². The average Bonchev–Trinajstić information content (AvgIpc) is 3.23. The fourth-order valence-electron chi connectivity index (χ4n) is 3.98. The van der Waals surface area contributed by atoms with Crippen molar-refractivity contribution in [2.24, 2.45) is 0 Å². The molecule has 0 saturated carbocycles. The molecular formula is C24H30N2O4S2. The van der Waals surface area contributed by atoms with Crippen molar-refractivity contribution in [3.63, 3.8) is 0 Å². The maximum absolute atomic E-state index is 13.4. The molecule has 0 unspecified atom stereocenters. The summed E-state index contributed by atoms with van der Waals surface area (Å²) < 4.78 is 5.13. The fourth-order valence-corrected chi connectivity index (χ4v) is 5.36. The van der Waals surface area contributed by atoms with Gasteiger partial charge in [0.15, 0.2) is 0 Å². The van der Waals surface area contributed by atoms with Crippen LogP contribution in [0.3, 0.4) is 0 Å². The van der Waals surface area contributed by atoms with Gasteiger partial charge >= 0.3 is 5.97 Å². The van der Waals surface area contributed by atoms with E-state index in [-0.39, 0.29) is 17.8 Å². The largest absolute Gasteiger partial charge is 0.469 e. The van der Waals surface area contributed by atoms with Crippen LogP contribution in [-0.2, 0) is 19.1 Å². The first kappa shape index (κ1) is 24.5. The van der Waals surface area contributed by atoms with Gasteiger partial charge in [-0.15, -0.1) is 0 Å². The van der Waals surface area contributed by atoms with Crippen LogP contribution in [0.4, 0.5) is 5.69 Å². The van der Waals surface area contributed by atoms with Crippen LogP contribution in [0.25, 0.3) is 5.57 Å². The first-order valence-electron chi connectivity index (χ1n) is 11.3. The van der Waals surface area contributed by atoms with Crippen LogP contribution in [0.2, 0.25) is 0 Å². The molecule has 1 fully saturated rings. The summed E-state index contributed by atoms with van der Waals surface area (Å²) in [4.78, 5) is 41.6. The first-order valence-corrected chi connectivity index (χ1v) is 12.5. The summed E-state index contributed by atoms with van der Waals surface area (Å²) in [6.07, 6.45) is 6.92. The maximum Gasteiger partial charge on any atom is 0.305 e. The molecule has 32 heavy (non-hydrogen) atoms. The molecule has 0 spiro atoms. The predicted molar refractivity (Wildman–Crippen MR) is 132 cm³/mol. The minimum atomic E-state index is -0.224. The lowest BCUT2D eigenvalue weighted by Gasteiger charge is -2.17. The number of hydrogen-bond acceptors (Lipinski definition) is 6. The summed E-state index contributed by atoms with van der Waals surface area (Å²) in [5.74, 6) is -0.529. The zero-order valence-corrected chi connectivity index (χ0v) is 20.4. The lowest BCUT2D eigenvalue weighted by atomic mass is 10.1. The van der Waals surface area contributed by atoms with Crippen molar-refractivity contribution in [2.75, 3.05) is 25.1 Å². The summed E-state index contributed by atoms with van der Waals surface area (Å²) in [7, 11) is 1.38. The van der Waals surface area contributed by atoms with Gasteiger partial charge < -0.3 is 9.64 Å². The van der Waals surface area contributed by atoms with E-state index in [1.54, 1.807) is 9.80 Å². The number of thiocarbonyl (C=S) groups is 1. The Morgan fingerprint density at radius 3 is 2.38 bits per heavy atom. The molecule has 0 atom stereocenters. The Balaban J connectivity index is 1.72. The number of thioether (sulfide) groups is 1. The van der Waals surface area contributed by atoms with Gasteiger partial charge in [-0.3, -0.25) is 19.3 Å². The number of rotatable bonds is 11. The molecule has 0 aromatic heterocycles. The highest BCUT2D eigenvalue weighted by molar-refractivity contribution is 8.26. The number of unbranched alkanes of at least 4 members (excludes halogenated alkanes) is 5. The van der Waals surface area contributed by atoms with Gasteiger partial charge in [0.2, 0.25) is 0 Å². The second kappa shape index (κ2) is 11.6. The molecule has 0 N–H and O–H groups in total. The summed E-state index contributed by atoms with van der Waals surface area (Å²) in [5.41, 5.74) is 2.16. The van der Waals surface area contributed by atoms with Crippen molar-refractivity contribution < 1.29 is 19.1 Å². The number of amides is 2. The molecule has 0 bridgehead atoms. The third-order valence-corrected chi connectivity index (χ3v) is 7.17. The zero-order chi connectivity index (χ0) is 23.1. The second-order valence-corrected chi connectivity index (χ2v) is 9.59. The van der Waals surface area contributed by atoms with E-state index in [1.807, 2.05) is 24.3 Å².